The Balaban J connectivity index is 2.75. The van der Waals surface area contributed by atoms with Crippen molar-refractivity contribution in [3.8, 4) is 0 Å². The van der Waals surface area contributed by atoms with E-state index in [9.17, 15) is 13.5 Å². The van der Waals surface area contributed by atoms with E-state index >= 15 is 0 Å². The molecule has 0 aliphatic heterocycles. The van der Waals surface area contributed by atoms with Gasteiger partial charge in [0.1, 0.15) is 0 Å². The molecule has 1 atom stereocenters. The Labute approximate surface area is 130 Å². The highest BCUT2D eigenvalue weighted by Crippen LogP contribution is 2.21. The third-order valence-corrected chi connectivity index (χ3v) is 4.91. The molecule has 1 aromatic carbocycles. The SMILES string of the molecule is CC(C)C(C)(O)CNS(=O)(=O)Cc1cc(Cl)cc(Cl)c1. The second kappa shape index (κ2) is 6.62. The summed E-state index contributed by atoms with van der Waals surface area (Å²) in [6, 6.07) is 4.64. The summed E-state index contributed by atoms with van der Waals surface area (Å²) >= 11 is 11.7. The van der Waals surface area contributed by atoms with E-state index in [2.05, 4.69) is 4.72 Å². The zero-order valence-electron chi connectivity index (χ0n) is 11.7. The Morgan fingerprint density at radius 2 is 1.75 bits per heavy atom. The molecule has 1 rings (SSSR count). The monoisotopic (exact) mass is 339 g/mol. The molecule has 0 fully saturated rings. The van der Waals surface area contributed by atoms with Crippen LogP contribution in [0, 0.1) is 5.92 Å². The van der Waals surface area contributed by atoms with Gasteiger partial charge in [0.05, 0.1) is 11.4 Å². The van der Waals surface area contributed by atoms with Crippen LogP contribution in [0.2, 0.25) is 10.0 Å². The van der Waals surface area contributed by atoms with E-state index in [0.717, 1.165) is 0 Å². The highest BCUT2D eigenvalue weighted by Gasteiger charge is 2.27. The van der Waals surface area contributed by atoms with Crippen molar-refractivity contribution >= 4 is 33.2 Å². The lowest BCUT2D eigenvalue weighted by molar-refractivity contribution is 0.0190. The summed E-state index contributed by atoms with van der Waals surface area (Å²) in [5.74, 6) is -0.299. The summed E-state index contributed by atoms with van der Waals surface area (Å²) in [5, 5.41) is 10.8. The molecular formula is C13H19Cl2NO3S. The molecule has 4 nitrogen and oxygen atoms in total. The van der Waals surface area contributed by atoms with E-state index in [1.807, 2.05) is 13.8 Å². The van der Waals surface area contributed by atoms with Gasteiger partial charge in [-0.15, -0.1) is 0 Å². The molecule has 0 aliphatic carbocycles. The number of rotatable bonds is 6. The molecule has 0 radical (unpaired) electrons. The van der Waals surface area contributed by atoms with Crippen molar-refractivity contribution in [3.63, 3.8) is 0 Å². The zero-order valence-corrected chi connectivity index (χ0v) is 14.0. The normalized spacial score (nSPS) is 15.3. The number of halogens is 2. The van der Waals surface area contributed by atoms with Gasteiger partial charge in [0, 0.05) is 16.6 Å². The average molecular weight is 340 g/mol. The first-order valence-corrected chi connectivity index (χ1v) is 8.57. The minimum atomic E-state index is -3.56. The topological polar surface area (TPSA) is 66.4 Å². The largest absolute Gasteiger partial charge is 0.389 e. The number of hydrogen-bond acceptors (Lipinski definition) is 3. The summed E-state index contributed by atoms with van der Waals surface area (Å²) in [4.78, 5) is 0. The number of sulfonamides is 1. The lowest BCUT2D eigenvalue weighted by atomic mass is 9.93. The fourth-order valence-corrected chi connectivity index (χ4v) is 3.22. The highest BCUT2D eigenvalue weighted by molar-refractivity contribution is 7.88. The van der Waals surface area contributed by atoms with Crippen LogP contribution in [-0.2, 0) is 15.8 Å². The number of aliphatic hydroxyl groups is 1. The van der Waals surface area contributed by atoms with Crippen molar-refractivity contribution in [1.82, 2.24) is 4.72 Å². The van der Waals surface area contributed by atoms with Gasteiger partial charge < -0.3 is 5.11 Å². The molecule has 0 saturated carbocycles. The van der Waals surface area contributed by atoms with E-state index < -0.39 is 15.6 Å². The van der Waals surface area contributed by atoms with Gasteiger partial charge in [0.25, 0.3) is 0 Å². The first-order chi connectivity index (χ1) is 9.02. The molecule has 20 heavy (non-hydrogen) atoms. The molecule has 0 saturated heterocycles. The second-order valence-electron chi connectivity index (χ2n) is 5.37. The van der Waals surface area contributed by atoms with Gasteiger partial charge in [-0.1, -0.05) is 37.0 Å². The molecule has 2 N–H and O–H groups in total. The van der Waals surface area contributed by atoms with E-state index in [4.69, 9.17) is 23.2 Å². The van der Waals surface area contributed by atoms with Gasteiger partial charge in [-0.05, 0) is 36.6 Å². The van der Waals surface area contributed by atoms with Crippen molar-refractivity contribution in [2.24, 2.45) is 5.92 Å². The molecular weight excluding hydrogens is 321 g/mol. The van der Waals surface area contributed by atoms with E-state index in [1.165, 1.54) is 6.07 Å². The maximum atomic E-state index is 12.0. The first kappa shape index (κ1) is 17.7. The zero-order chi connectivity index (χ0) is 15.6. The van der Waals surface area contributed by atoms with Crippen LogP contribution in [0.3, 0.4) is 0 Å². The molecule has 0 spiro atoms. The molecule has 1 aromatic rings. The van der Waals surface area contributed by atoms with Crippen LogP contribution in [-0.4, -0.2) is 25.7 Å². The van der Waals surface area contributed by atoms with Crippen LogP contribution >= 0.6 is 23.2 Å². The fraction of sp³-hybridized carbons (Fsp3) is 0.538. The number of hydrogen-bond donors (Lipinski definition) is 2. The Morgan fingerprint density at radius 3 is 2.20 bits per heavy atom. The van der Waals surface area contributed by atoms with Crippen LogP contribution in [0.5, 0.6) is 0 Å². The van der Waals surface area contributed by atoms with Gasteiger partial charge in [0.2, 0.25) is 10.0 Å². The lowest BCUT2D eigenvalue weighted by Crippen LogP contribution is -2.44. The van der Waals surface area contributed by atoms with Gasteiger partial charge >= 0.3 is 0 Å². The molecule has 1 unspecified atom stereocenters. The first-order valence-electron chi connectivity index (χ1n) is 6.16. The van der Waals surface area contributed by atoms with Crippen LogP contribution in [0.1, 0.15) is 26.3 Å². The molecule has 7 heteroatoms. The van der Waals surface area contributed by atoms with Crippen molar-refractivity contribution in [3.05, 3.63) is 33.8 Å². The van der Waals surface area contributed by atoms with Crippen molar-refractivity contribution in [2.75, 3.05) is 6.54 Å². The van der Waals surface area contributed by atoms with Crippen LogP contribution < -0.4 is 4.72 Å². The molecule has 114 valence electrons. The third-order valence-electron chi connectivity index (χ3n) is 3.17. The molecule has 0 heterocycles. The summed E-state index contributed by atoms with van der Waals surface area (Å²) in [6.45, 7) is 5.20. The summed E-state index contributed by atoms with van der Waals surface area (Å²) in [6.07, 6.45) is 0. The van der Waals surface area contributed by atoms with Crippen molar-refractivity contribution < 1.29 is 13.5 Å². The molecule has 0 aliphatic rings. The minimum absolute atomic E-state index is 0.0404. The summed E-state index contributed by atoms with van der Waals surface area (Å²) in [7, 11) is -3.56. The van der Waals surface area contributed by atoms with E-state index in [-0.39, 0.29) is 18.2 Å². The predicted octanol–water partition coefficient (Wildman–Crippen LogP) is 2.82. The van der Waals surface area contributed by atoms with Gasteiger partial charge in [-0.25, -0.2) is 13.1 Å². The van der Waals surface area contributed by atoms with Crippen LogP contribution in [0.15, 0.2) is 18.2 Å². The quantitative estimate of drug-likeness (QED) is 0.837. The Hall–Kier alpha value is -0.330. The number of benzene rings is 1. The third kappa shape index (κ3) is 5.58. The molecule has 0 amide bonds. The Bertz CT molecular complexity index is 551. The van der Waals surface area contributed by atoms with Crippen LogP contribution in [0.4, 0.5) is 0 Å². The lowest BCUT2D eigenvalue weighted by Gasteiger charge is -2.27. The van der Waals surface area contributed by atoms with Gasteiger partial charge in [0.15, 0.2) is 0 Å². The smallest absolute Gasteiger partial charge is 0.215 e. The van der Waals surface area contributed by atoms with Crippen LogP contribution in [0.25, 0.3) is 0 Å². The van der Waals surface area contributed by atoms with E-state index in [1.54, 1.807) is 19.1 Å². The summed E-state index contributed by atoms with van der Waals surface area (Å²) in [5.41, 5.74) is -0.599. The highest BCUT2D eigenvalue weighted by atomic mass is 35.5. The van der Waals surface area contributed by atoms with Crippen molar-refractivity contribution in [2.45, 2.75) is 32.1 Å². The standard InChI is InChI=1S/C13H19Cl2NO3S/c1-9(2)13(3,17)8-16-20(18,19)7-10-4-11(14)6-12(15)5-10/h4-6,9,16-17H,7-8H2,1-3H3. The van der Waals surface area contributed by atoms with Gasteiger partial charge in [-0.3, -0.25) is 0 Å². The average Bonchev–Trinajstić information content (AvgIpc) is 2.24. The van der Waals surface area contributed by atoms with Gasteiger partial charge in [-0.2, -0.15) is 0 Å². The minimum Gasteiger partial charge on any atom is -0.389 e. The molecule has 0 aromatic heterocycles. The maximum Gasteiger partial charge on any atom is 0.215 e. The molecule has 0 bridgehead atoms. The Kier molecular flexibility index (Phi) is 5.87. The number of nitrogens with one attached hydrogen (secondary N) is 1. The fourth-order valence-electron chi connectivity index (χ4n) is 1.42. The summed E-state index contributed by atoms with van der Waals surface area (Å²) < 4.78 is 26.4. The Morgan fingerprint density at radius 1 is 1.25 bits per heavy atom. The van der Waals surface area contributed by atoms with E-state index in [0.29, 0.717) is 15.6 Å². The maximum absolute atomic E-state index is 12.0. The van der Waals surface area contributed by atoms with Crippen molar-refractivity contribution in [1.29, 1.82) is 0 Å². The second-order valence-corrected chi connectivity index (χ2v) is 8.05. The predicted molar refractivity (Wildman–Crippen MR) is 82.6 cm³/mol.